The molecule has 3 aromatic carbocycles. The number of aryl methyl sites for hydroxylation is 1. The Bertz CT molecular complexity index is 1820. The number of aliphatic hydroxyl groups is 1. The van der Waals surface area contributed by atoms with Gasteiger partial charge >= 0.3 is 0 Å². The topological polar surface area (TPSA) is 149 Å². The predicted octanol–water partition coefficient (Wildman–Crippen LogP) is 4.47. The molecular formula is C29H26F3N5O5S. The molecule has 10 nitrogen and oxygen atoms in total. The number of hydrogen-bond acceptors (Lipinski definition) is 9. The van der Waals surface area contributed by atoms with Crippen molar-refractivity contribution in [2.24, 2.45) is 5.73 Å². The van der Waals surface area contributed by atoms with Crippen molar-refractivity contribution < 1.29 is 35.7 Å². The molecular weight excluding hydrogens is 587 g/mol. The van der Waals surface area contributed by atoms with Gasteiger partial charge in [-0.05, 0) is 60.5 Å². The van der Waals surface area contributed by atoms with Gasteiger partial charge in [-0.2, -0.15) is 4.98 Å². The summed E-state index contributed by atoms with van der Waals surface area (Å²) in [7, 11) is -4.19. The molecule has 224 valence electrons. The molecule has 0 aliphatic heterocycles. The van der Waals surface area contributed by atoms with E-state index in [1.807, 2.05) is 0 Å². The number of nitrogens with zero attached hydrogens (tertiary/aromatic N) is 4. The van der Waals surface area contributed by atoms with Crippen LogP contribution >= 0.6 is 0 Å². The van der Waals surface area contributed by atoms with Gasteiger partial charge in [0.1, 0.15) is 6.10 Å². The Morgan fingerprint density at radius 3 is 2.35 bits per heavy atom. The van der Waals surface area contributed by atoms with Gasteiger partial charge in [-0.1, -0.05) is 28.5 Å². The van der Waals surface area contributed by atoms with Gasteiger partial charge in [-0.3, -0.25) is 4.31 Å². The fourth-order valence-corrected chi connectivity index (χ4v) is 6.22. The molecule has 3 N–H and O–H groups in total. The highest BCUT2D eigenvalue weighted by Gasteiger charge is 2.29. The summed E-state index contributed by atoms with van der Waals surface area (Å²) in [5, 5.41) is 18.6. The quantitative estimate of drug-likeness (QED) is 0.206. The van der Waals surface area contributed by atoms with Crippen LogP contribution in [0.25, 0.3) is 11.4 Å². The summed E-state index contributed by atoms with van der Waals surface area (Å²) in [6.45, 7) is 1.73. The van der Waals surface area contributed by atoms with E-state index in [-0.39, 0.29) is 59.4 Å². The summed E-state index contributed by atoms with van der Waals surface area (Å²) >= 11 is 0. The van der Waals surface area contributed by atoms with Crippen LogP contribution in [0.5, 0.6) is 0 Å². The highest BCUT2D eigenvalue weighted by atomic mass is 32.2. The Morgan fingerprint density at radius 2 is 1.70 bits per heavy atom. The van der Waals surface area contributed by atoms with Crippen molar-refractivity contribution in [2.45, 2.75) is 30.8 Å². The SMILES string of the molecule is Cc1cc(C(O)Cc2cc(-c3noc(Cc4cc(F)c(F)c(F)c4)n3)ccc2S(=O)(=O)N(CCN)c2ccccc2)on1. The highest BCUT2D eigenvalue weighted by Crippen LogP contribution is 2.32. The number of benzene rings is 3. The first kappa shape index (κ1) is 29.9. The Balaban J connectivity index is 1.53. The second-order valence-electron chi connectivity index (χ2n) is 9.68. The molecule has 0 radical (unpaired) electrons. The number of hydrogen-bond donors (Lipinski definition) is 2. The number of halogens is 3. The van der Waals surface area contributed by atoms with Crippen LogP contribution < -0.4 is 10.0 Å². The number of aromatic nitrogens is 3. The zero-order valence-corrected chi connectivity index (χ0v) is 23.6. The first-order chi connectivity index (χ1) is 20.6. The molecule has 0 saturated carbocycles. The van der Waals surface area contributed by atoms with Crippen molar-refractivity contribution in [3.05, 3.63) is 113 Å². The van der Waals surface area contributed by atoms with Gasteiger partial charge in [-0.25, -0.2) is 21.6 Å². The van der Waals surface area contributed by atoms with Gasteiger partial charge in [0.2, 0.25) is 11.7 Å². The standard InChI is InChI=1S/C29H26F3N5O5S/c1-17-11-25(41-35-17)24(38)16-20-15-19(29-34-27(42-36-29)14-18-12-22(30)28(32)23(31)13-18)7-8-26(20)43(39,40)37(10-9-33)21-5-3-2-4-6-21/h2-8,11-13,15,24,38H,9-10,14,16,33H2,1H3. The van der Waals surface area contributed by atoms with Gasteiger partial charge in [0.05, 0.1) is 22.7 Å². The van der Waals surface area contributed by atoms with Gasteiger partial charge in [-0.15, -0.1) is 0 Å². The molecule has 0 bridgehead atoms. The maximum absolute atomic E-state index is 14.0. The molecule has 0 aliphatic carbocycles. The van der Waals surface area contributed by atoms with Crippen LogP contribution in [0.15, 0.2) is 80.7 Å². The lowest BCUT2D eigenvalue weighted by Crippen LogP contribution is -2.36. The lowest BCUT2D eigenvalue weighted by Gasteiger charge is -2.25. The molecule has 1 atom stereocenters. The molecule has 5 rings (SSSR count). The number of nitrogens with two attached hydrogens (primary N) is 1. The third kappa shape index (κ3) is 6.45. The molecule has 0 amide bonds. The van der Waals surface area contributed by atoms with E-state index in [9.17, 15) is 26.7 Å². The minimum absolute atomic E-state index is 0.00380. The maximum Gasteiger partial charge on any atom is 0.264 e. The summed E-state index contributed by atoms with van der Waals surface area (Å²) in [6.07, 6.45) is -1.61. The third-order valence-corrected chi connectivity index (χ3v) is 8.45. The highest BCUT2D eigenvalue weighted by molar-refractivity contribution is 7.92. The van der Waals surface area contributed by atoms with Crippen LogP contribution in [0.3, 0.4) is 0 Å². The van der Waals surface area contributed by atoms with Crippen LogP contribution in [0.2, 0.25) is 0 Å². The van der Waals surface area contributed by atoms with Crippen molar-refractivity contribution in [3.8, 4) is 11.4 Å². The van der Waals surface area contributed by atoms with E-state index in [4.69, 9.17) is 14.8 Å². The van der Waals surface area contributed by atoms with E-state index in [0.717, 1.165) is 12.1 Å². The lowest BCUT2D eigenvalue weighted by molar-refractivity contribution is 0.139. The zero-order chi connectivity index (χ0) is 30.7. The monoisotopic (exact) mass is 613 g/mol. The lowest BCUT2D eigenvalue weighted by atomic mass is 10.0. The van der Waals surface area contributed by atoms with Crippen molar-refractivity contribution in [1.82, 2.24) is 15.3 Å². The molecule has 1 unspecified atom stereocenters. The molecule has 43 heavy (non-hydrogen) atoms. The number of rotatable bonds is 11. The largest absolute Gasteiger partial charge is 0.385 e. The summed E-state index contributed by atoms with van der Waals surface area (Å²) < 4.78 is 80.3. The van der Waals surface area contributed by atoms with Gasteiger partial charge < -0.3 is 19.9 Å². The Morgan fingerprint density at radius 1 is 0.977 bits per heavy atom. The molecule has 0 aliphatic rings. The molecule has 0 saturated heterocycles. The molecule has 0 spiro atoms. The van der Waals surface area contributed by atoms with Crippen molar-refractivity contribution in [2.75, 3.05) is 17.4 Å². The summed E-state index contributed by atoms with van der Waals surface area (Å²) in [5.41, 5.74) is 7.33. The van der Waals surface area contributed by atoms with Crippen molar-refractivity contribution >= 4 is 15.7 Å². The number of anilines is 1. The number of para-hydroxylation sites is 1. The van der Waals surface area contributed by atoms with Crippen LogP contribution in [-0.2, 0) is 22.9 Å². The molecule has 2 aromatic heterocycles. The van der Waals surface area contributed by atoms with E-state index in [2.05, 4.69) is 15.3 Å². The van der Waals surface area contributed by atoms with Crippen LogP contribution in [0.4, 0.5) is 18.9 Å². The van der Waals surface area contributed by atoms with Crippen LogP contribution in [0, 0.1) is 24.4 Å². The number of aliphatic hydroxyl groups excluding tert-OH is 1. The van der Waals surface area contributed by atoms with E-state index < -0.39 is 33.6 Å². The van der Waals surface area contributed by atoms with Crippen molar-refractivity contribution in [1.29, 1.82) is 0 Å². The average molecular weight is 614 g/mol. The van der Waals surface area contributed by atoms with Gasteiger partial charge in [0.15, 0.2) is 23.2 Å². The summed E-state index contributed by atoms with van der Waals surface area (Å²) in [6, 6.07) is 16.0. The molecule has 5 aromatic rings. The zero-order valence-electron chi connectivity index (χ0n) is 22.7. The van der Waals surface area contributed by atoms with E-state index >= 15 is 0 Å². The van der Waals surface area contributed by atoms with E-state index in [1.165, 1.54) is 22.5 Å². The second-order valence-corrected chi connectivity index (χ2v) is 11.5. The molecule has 0 fully saturated rings. The molecule has 14 heteroatoms. The van der Waals surface area contributed by atoms with Crippen LogP contribution in [0.1, 0.15) is 34.6 Å². The van der Waals surface area contributed by atoms with Gasteiger partial charge in [0.25, 0.3) is 10.0 Å². The average Bonchev–Trinajstić information content (AvgIpc) is 3.64. The predicted molar refractivity (Wildman–Crippen MR) is 149 cm³/mol. The smallest absolute Gasteiger partial charge is 0.264 e. The van der Waals surface area contributed by atoms with Crippen LogP contribution in [-0.4, -0.2) is 41.9 Å². The summed E-state index contributed by atoms with van der Waals surface area (Å²) in [4.78, 5) is 4.17. The van der Waals surface area contributed by atoms with E-state index in [0.29, 0.717) is 16.9 Å². The fraction of sp³-hybridized carbons (Fsp3) is 0.207. The van der Waals surface area contributed by atoms with Gasteiger partial charge in [0, 0.05) is 31.1 Å². The Hall–Kier alpha value is -4.53. The molecule has 2 heterocycles. The minimum Gasteiger partial charge on any atom is -0.385 e. The maximum atomic E-state index is 14.0. The Kier molecular flexibility index (Phi) is 8.62. The van der Waals surface area contributed by atoms with Crippen molar-refractivity contribution in [3.63, 3.8) is 0 Å². The number of sulfonamides is 1. The fourth-order valence-electron chi connectivity index (χ4n) is 4.53. The normalized spacial score (nSPS) is 12.4. The summed E-state index contributed by atoms with van der Waals surface area (Å²) in [5.74, 6) is -4.11. The minimum atomic E-state index is -4.19. The first-order valence-corrected chi connectivity index (χ1v) is 14.5. The Labute approximate surface area is 244 Å². The first-order valence-electron chi connectivity index (χ1n) is 13.0. The second kappa shape index (κ2) is 12.4. The third-order valence-electron chi connectivity index (χ3n) is 6.52. The van der Waals surface area contributed by atoms with E-state index in [1.54, 1.807) is 43.3 Å².